The largest absolute Gasteiger partial charge is 0.491 e. The van der Waals surface area contributed by atoms with Crippen LogP contribution in [0.5, 0.6) is 5.75 Å². The molecule has 2 aromatic rings. The van der Waals surface area contributed by atoms with Crippen LogP contribution in [-0.2, 0) is 0 Å². The van der Waals surface area contributed by atoms with E-state index in [1.54, 1.807) is 0 Å². The van der Waals surface area contributed by atoms with E-state index in [9.17, 15) is 4.79 Å². The van der Waals surface area contributed by atoms with Crippen molar-refractivity contribution in [1.82, 2.24) is 10.2 Å². The summed E-state index contributed by atoms with van der Waals surface area (Å²) in [6, 6.07) is 14.3. The van der Waals surface area contributed by atoms with Crippen LogP contribution in [0, 0.1) is 20.8 Å². The molecule has 1 saturated heterocycles. The summed E-state index contributed by atoms with van der Waals surface area (Å²) in [7, 11) is 0. The maximum atomic E-state index is 12.4. The van der Waals surface area contributed by atoms with Gasteiger partial charge in [-0.15, -0.1) is 0 Å². The Morgan fingerprint density at radius 3 is 2.41 bits per heavy atom. The minimum Gasteiger partial charge on any atom is -0.491 e. The topological polar surface area (TPSA) is 44.8 Å². The molecule has 1 fully saturated rings. The van der Waals surface area contributed by atoms with Crippen LogP contribution in [0.25, 0.3) is 0 Å². The van der Waals surface area contributed by atoms with Crippen LogP contribution in [-0.4, -0.2) is 50.3 Å². The van der Waals surface area contributed by atoms with Crippen molar-refractivity contribution >= 4 is 11.7 Å². The van der Waals surface area contributed by atoms with Crippen LogP contribution < -0.4 is 15.0 Å². The molecule has 1 N–H and O–H groups in total. The highest BCUT2D eigenvalue weighted by atomic mass is 16.5. The van der Waals surface area contributed by atoms with Gasteiger partial charge in [-0.2, -0.15) is 0 Å². The van der Waals surface area contributed by atoms with Crippen molar-refractivity contribution < 1.29 is 9.53 Å². The Kier molecular flexibility index (Phi) is 6.22. The minimum atomic E-state index is -0.0102. The molecule has 0 aromatic heterocycles. The maximum Gasteiger partial charge on any atom is 0.317 e. The van der Waals surface area contributed by atoms with Gasteiger partial charge in [0, 0.05) is 31.9 Å². The van der Waals surface area contributed by atoms with E-state index in [1.165, 1.54) is 16.8 Å². The number of carbonyl (C=O) groups excluding carboxylic acids is 1. The van der Waals surface area contributed by atoms with E-state index in [4.69, 9.17) is 4.74 Å². The van der Waals surface area contributed by atoms with E-state index in [0.717, 1.165) is 37.5 Å². The molecule has 3 rings (SSSR count). The lowest BCUT2D eigenvalue weighted by Gasteiger charge is -2.37. The zero-order valence-corrected chi connectivity index (χ0v) is 16.5. The molecule has 0 radical (unpaired) electrons. The highest BCUT2D eigenvalue weighted by Gasteiger charge is 2.22. The van der Waals surface area contributed by atoms with Gasteiger partial charge < -0.3 is 19.9 Å². The average molecular weight is 367 g/mol. The highest BCUT2D eigenvalue weighted by molar-refractivity contribution is 5.74. The van der Waals surface area contributed by atoms with Crippen LogP contribution in [0.1, 0.15) is 16.7 Å². The van der Waals surface area contributed by atoms with Crippen molar-refractivity contribution in [3.63, 3.8) is 0 Å². The lowest BCUT2D eigenvalue weighted by Crippen LogP contribution is -2.52. The van der Waals surface area contributed by atoms with Crippen LogP contribution in [0.15, 0.2) is 42.5 Å². The lowest BCUT2D eigenvalue weighted by molar-refractivity contribution is 0.191. The van der Waals surface area contributed by atoms with Gasteiger partial charge in [0.15, 0.2) is 0 Å². The van der Waals surface area contributed by atoms with Gasteiger partial charge in [-0.3, -0.25) is 0 Å². The standard InChI is InChI=1S/C22H29N3O2/c1-17-8-6-9-20(19(17)3)24-12-14-25(15-13-24)22(26)23-11-16-27-21-10-5-4-7-18(21)2/h4-10H,11-16H2,1-3H3,(H,23,26). The van der Waals surface area contributed by atoms with E-state index in [-0.39, 0.29) is 6.03 Å². The summed E-state index contributed by atoms with van der Waals surface area (Å²) in [4.78, 5) is 16.6. The number of amides is 2. The fourth-order valence-electron chi connectivity index (χ4n) is 3.38. The third kappa shape index (κ3) is 4.73. The number of rotatable bonds is 5. The fourth-order valence-corrected chi connectivity index (χ4v) is 3.38. The van der Waals surface area contributed by atoms with E-state index in [1.807, 2.05) is 36.1 Å². The van der Waals surface area contributed by atoms with Crippen molar-refractivity contribution in [3.8, 4) is 5.75 Å². The van der Waals surface area contributed by atoms with E-state index in [2.05, 4.69) is 42.3 Å². The number of benzene rings is 2. The normalized spacial score (nSPS) is 14.2. The SMILES string of the molecule is Cc1ccccc1OCCNC(=O)N1CCN(c2cccc(C)c2C)CC1. The van der Waals surface area contributed by atoms with Gasteiger partial charge >= 0.3 is 6.03 Å². The minimum absolute atomic E-state index is 0.0102. The molecular formula is C22H29N3O2. The van der Waals surface area contributed by atoms with E-state index < -0.39 is 0 Å². The molecular weight excluding hydrogens is 338 g/mol. The number of urea groups is 1. The molecule has 2 amide bonds. The molecule has 5 heteroatoms. The molecule has 0 aliphatic carbocycles. The Morgan fingerprint density at radius 2 is 1.67 bits per heavy atom. The second kappa shape index (κ2) is 8.80. The summed E-state index contributed by atoms with van der Waals surface area (Å²) in [6.07, 6.45) is 0. The smallest absolute Gasteiger partial charge is 0.317 e. The number of hydrogen-bond acceptors (Lipinski definition) is 3. The van der Waals surface area contributed by atoms with Gasteiger partial charge in [-0.1, -0.05) is 30.3 Å². The van der Waals surface area contributed by atoms with Gasteiger partial charge in [-0.25, -0.2) is 4.79 Å². The molecule has 27 heavy (non-hydrogen) atoms. The summed E-state index contributed by atoms with van der Waals surface area (Å²) >= 11 is 0. The van der Waals surface area contributed by atoms with Crippen LogP contribution in [0.3, 0.4) is 0 Å². The first-order valence-electron chi connectivity index (χ1n) is 9.58. The molecule has 1 heterocycles. The first-order valence-corrected chi connectivity index (χ1v) is 9.58. The fraction of sp³-hybridized carbons (Fsp3) is 0.409. The lowest BCUT2D eigenvalue weighted by atomic mass is 10.1. The Labute approximate surface area is 161 Å². The predicted molar refractivity (Wildman–Crippen MR) is 110 cm³/mol. The van der Waals surface area contributed by atoms with Crippen molar-refractivity contribution in [2.75, 3.05) is 44.2 Å². The van der Waals surface area contributed by atoms with Gasteiger partial charge in [0.05, 0.1) is 6.54 Å². The van der Waals surface area contributed by atoms with Gasteiger partial charge in [0.25, 0.3) is 0 Å². The molecule has 0 saturated carbocycles. The number of carbonyl (C=O) groups is 1. The van der Waals surface area contributed by atoms with E-state index >= 15 is 0 Å². The number of nitrogens with one attached hydrogen (secondary N) is 1. The van der Waals surface area contributed by atoms with Gasteiger partial charge in [-0.05, 0) is 49.6 Å². The van der Waals surface area contributed by atoms with Crippen molar-refractivity contribution in [2.45, 2.75) is 20.8 Å². The zero-order chi connectivity index (χ0) is 19.2. The van der Waals surface area contributed by atoms with Crippen molar-refractivity contribution in [2.24, 2.45) is 0 Å². The second-order valence-electron chi connectivity index (χ2n) is 7.04. The number of para-hydroxylation sites is 1. The monoisotopic (exact) mass is 367 g/mol. The number of piperazine rings is 1. The Hall–Kier alpha value is -2.69. The molecule has 1 aliphatic rings. The molecule has 0 spiro atoms. The number of aryl methyl sites for hydroxylation is 2. The van der Waals surface area contributed by atoms with Gasteiger partial charge in [0.1, 0.15) is 12.4 Å². The first kappa shape index (κ1) is 19.1. The van der Waals surface area contributed by atoms with Crippen LogP contribution in [0.4, 0.5) is 10.5 Å². The predicted octanol–water partition coefficient (Wildman–Crippen LogP) is 3.52. The molecule has 0 bridgehead atoms. The highest BCUT2D eigenvalue weighted by Crippen LogP contribution is 2.23. The molecule has 0 atom stereocenters. The van der Waals surface area contributed by atoms with E-state index in [0.29, 0.717) is 13.2 Å². The molecule has 1 aliphatic heterocycles. The molecule has 5 nitrogen and oxygen atoms in total. The first-order chi connectivity index (χ1) is 13.1. The average Bonchev–Trinajstić information content (AvgIpc) is 2.68. The van der Waals surface area contributed by atoms with Crippen LogP contribution >= 0.6 is 0 Å². The summed E-state index contributed by atoms with van der Waals surface area (Å²) in [6.45, 7) is 10.5. The third-order valence-corrected chi connectivity index (χ3v) is 5.21. The molecule has 0 unspecified atom stereocenters. The third-order valence-electron chi connectivity index (χ3n) is 5.21. The number of nitrogens with zero attached hydrogens (tertiary/aromatic N) is 2. The summed E-state index contributed by atoms with van der Waals surface area (Å²) < 4.78 is 5.73. The Morgan fingerprint density at radius 1 is 0.963 bits per heavy atom. The number of ether oxygens (including phenoxy) is 1. The van der Waals surface area contributed by atoms with Crippen molar-refractivity contribution in [3.05, 3.63) is 59.2 Å². The number of anilines is 1. The molecule has 144 valence electrons. The van der Waals surface area contributed by atoms with Gasteiger partial charge in [0.2, 0.25) is 0 Å². The molecule has 2 aromatic carbocycles. The Balaban J connectivity index is 1.42. The maximum absolute atomic E-state index is 12.4. The second-order valence-corrected chi connectivity index (χ2v) is 7.04. The quantitative estimate of drug-likeness (QED) is 0.823. The number of hydrogen-bond donors (Lipinski definition) is 1. The van der Waals surface area contributed by atoms with Crippen LogP contribution in [0.2, 0.25) is 0 Å². The van der Waals surface area contributed by atoms with Crippen molar-refractivity contribution in [1.29, 1.82) is 0 Å². The Bertz CT molecular complexity index is 783. The summed E-state index contributed by atoms with van der Waals surface area (Å²) in [5.41, 5.74) is 5.01. The zero-order valence-electron chi connectivity index (χ0n) is 16.5. The summed E-state index contributed by atoms with van der Waals surface area (Å²) in [5, 5.41) is 2.96. The summed E-state index contributed by atoms with van der Waals surface area (Å²) in [5.74, 6) is 0.869.